The SMILES string of the molecule is CC(C)CCC(=O)NC1(C(=O)O)CCCC(C)C1. The van der Waals surface area contributed by atoms with Gasteiger partial charge in [-0.2, -0.15) is 0 Å². The van der Waals surface area contributed by atoms with Crippen LogP contribution in [0.15, 0.2) is 0 Å². The monoisotopic (exact) mass is 255 g/mol. The van der Waals surface area contributed by atoms with Crippen molar-refractivity contribution in [3.8, 4) is 0 Å². The van der Waals surface area contributed by atoms with Crippen molar-refractivity contribution in [1.29, 1.82) is 0 Å². The quantitative estimate of drug-likeness (QED) is 0.793. The predicted octanol–water partition coefficient (Wildman–Crippen LogP) is 2.57. The molecule has 0 radical (unpaired) electrons. The fourth-order valence-corrected chi connectivity index (χ4v) is 2.66. The summed E-state index contributed by atoms with van der Waals surface area (Å²) in [4.78, 5) is 23.3. The topological polar surface area (TPSA) is 66.4 Å². The summed E-state index contributed by atoms with van der Waals surface area (Å²) in [5.41, 5.74) is -1.02. The van der Waals surface area contributed by atoms with Gasteiger partial charge in [-0.25, -0.2) is 4.79 Å². The lowest BCUT2D eigenvalue weighted by Crippen LogP contribution is -2.56. The van der Waals surface area contributed by atoms with Crippen molar-refractivity contribution < 1.29 is 14.7 Å². The van der Waals surface area contributed by atoms with Crippen molar-refractivity contribution in [2.75, 3.05) is 0 Å². The van der Waals surface area contributed by atoms with Gasteiger partial charge in [-0.15, -0.1) is 0 Å². The van der Waals surface area contributed by atoms with E-state index in [1.807, 2.05) is 0 Å². The van der Waals surface area contributed by atoms with E-state index in [0.717, 1.165) is 19.3 Å². The van der Waals surface area contributed by atoms with Crippen molar-refractivity contribution in [3.63, 3.8) is 0 Å². The fraction of sp³-hybridized carbons (Fsp3) is 0.857. The maximum Gasteiger partial charge on any atom is 0.329 e. The first kappa shape index (κ1) is 15.0. The Morgan fingerprint density at radius 1 is 1.44 bits per heavy atom. The molecule has 0 saturated heterocycles. The minimum absolute atomic E-state index is 0.125. The minimum Gasteiger partial charge on any atom is -0.480 e. The summed E-state index contributed by atoms with van der Waals surface area (Å²) in [6.07, 6.45) is 4.25. The molecule has 0 aromatic heterocycles. The van der Waals surface area contributed by atoms with Gasteiger partial charge in [0.2, 0.25) is 5.91 Å². The lowest BCUT2D eigenvalue weighted by molar-refractivity contribution is -0.150. The molecule has 18 heavy (non-hydrogen) atoms. The van der Waals surface area contributed by atoms with Crippen LogP contribution in [0.2, 0.25) is 0 Å². The molecule has 2 unspecified atom stereocenters. The van der Waals surface area contributed by atoms with Crippen molar-refractivity contribution in [2.45, 2.75) is 64.8 Å². The highest BCUT2D eigenvalue weighted by Gasteiger charge is 2.42. The fourth-order valence-electron chi connectivity index (χ4n) is 2.66. The van der Waals surface area contributed by atoms with Crippen LogP contribution in [0.3, 0.4) is 0 Å². The number of hydrogen-bond acceptors (Lipinski definition) is 2. The average molecular weight is 255 g/mol. The zero-order valence-electron chi connectivity index (χ0n) is 11.7. The molecule has 4 nitrogen and oxygen atoms in total. The number of carboxylic acids is 1. The Balaban J connectivity index is 2.62. The number of carbonyl (C=O) groups is 2. The maximum atomic E-state index is 11.9. The van der Waals surface area contributed by atoms with Gasteiger partial charge >= 0.3 is 5.97 Å². The molecule has 1 aliphatic carbocycles. The average Bonchev–Trinajstić information content (AvgIpc) is 2.26. The third-order valence-electron chi connectivity index (χ3n) is 3.73. The molecule has 0 aromatic rings. The molecule has 1 rings (SSSR count). The zero-order chi connectivity index (χ0) is 13.8. The summed E-state index contributed by atoms with van der Waals surface area (Å²) in [6.45, 7) is 6.17. The molecule has 0 aliphatic heterocycles. The molecule has 2 N–H and O–H groups in total. The van der Waals surface area contributed by atoms with Crippen LogP contribution in [0.4, 0.5) is 0 Å². The highest BCUT2D eigenvalue weighted by atomic mass is 16.4. The number of rotatable bonds is 5. The molecular weight excluding hydrogens is 230 g/mol. The van der Waals surface area contributed by atoms with E-state index in [4.69, 9.17) is 0 Å². The second-order valence-electron chi connectivity index (χ2n) is 6.07. The van der Waals surface area contributed by atoms with Crippen LogP contribution in [0.1, 0.15) is 59.3 Å². The van der Waals surface area contributed by atoms with Gasteiger partial charge in [-0.05, 0) is 31.1 Å². The molecule has 1 amide bonds. The number of carbonyl (C=O) groups excluding carboxylic acids is 1. The second-order valence-corrected chi connectivity index (χ2v) is 6.07. The van der Waals surface area contributed by atoms with Crippen LogP contribution in [0.5, 0.6) is 0 Å². The molecule has 104 valence electrons. The number of aliphatic carboxylic acids is 1. The molecule has 4 heteroatoms. The lowest BCUT2D eigenvalue weighted by atomic mass is 9.76. The zero-order valence-corrected chi connectivity index (χ0v) is 11.7. The Bertz CT molecular complexity index is 314. The highest BCUT2D eigenvalue weighted by Crippen LogP contribution is 2.32. The Kier molecular flexibility index (Phi) is 5.17. The van der Waals surface area contributed by atoms with Crippen molar-refractivity contribution >= 4 is 11.9 Å². The van der Waals surface area contributed by atoms with Gasteiger partial charge in [-0.1, -0.05) is 33.6 Å². The van der Waals surface area contributed by atoms with Gasteiger partial charge in [0.05, 0.1) is 0 Å². The molecule has 0 aromatic carbocycles. The van der Waals surface area contributed by atoms with Crippen molar-refractivity contribution in [2.24, 2.45) is 11.8 Å². The molecule has 1 aliphatic rings. The molecule has 0 heterocycles. The third-order valence-corrected chi connectivity index (χ3v) is 3.73. The molecule has 1 saturated carbocycles. The summed E-state index contributed by atoms with van der Waals surface area (Å²) in [6, 6.07) is 0. The smallest absolute Gasteiger partial charge is 0.329 e. The van der Waals surface area contributed by atoms with Crippen LogP contribution in [-0.4, -0.2) is 22.5 Å². The summed E-state index contributed by atoms with van der Waals surface area (Å²) in [7, 11) is 0. The Hall–Kier alpha value is -1.06. The first-order valence-corrected chi connectivity index (χ1v) is 6.90. The molecular formula is C14H25NO3. The van der Waals surface area contributed by atoms with E-state index in [9.17, 15) is 14.7 Å². The standard InChI is InChI=1S/C14H25NO3/c1-10(2)6-7-12(16)15-14(13(17)18)8-4-5-11(3)9-14/h10-11H,4-9H2,1-3H3,(H,15,16)(H,17,18). The number of amides is 1. The van der Waals surface area contributed by atoms with Crippen LogP contribution >= 0.6 is 0 Å². The van der Waals surface area contributed by atoms with Gasteiger partial charge in [0.25, 0.3) is 0 Å². The van der Waals surface area contributed by atoms with Crippen LogP contribution in [0.25, 0.3) is 0 Å². The minimum atomic E-state index is -1.02. The van der Waals surface area contributed by atoms with Crippen molar-refractivity contribution in [1.82, 2.24) is 5.32 Å². The van der Waals surface area contributed by atoms with E-state index < -0.39 is 11.5 Å². The lowest BCUT2D eigenvalue weighted by Gasteiger charge is -2.37. The molecule has 2 atom stereocenters. The van der Waals surface area contributed by atoms with Crippen LogP contribution in [0, 0.1) is 11.8 Å². The van der Waals surface area contributed by atoms with Gasteiger partial charge < -0.3 is 10.4 Å². The summed E-state index contributed by atoms with van der Waals surface area (Å²) in [5, 5.41) is 12.2. The van der Waals surface area contributed by atoms with E-state index >= 15 is 0 Å². The molecule has 0 spiro atoms. The first-order valence-electron chi connectivity index (χ1n) is 6.90. The van der Waals surface area contributed by atoms with E-state index in [1.165, 1.54) is 0 Å². The summed E-state index contributed by atoms with van der Waals surface area (Å²) in [5.74, 6) is -0.186. The summed E-state index contributed by atoms with van der Waals surface area (Å²) >= 11 is 0. The van der Waals surface area contributed by atoms with Gasteiger partial charge in [0.15, 0.2) is 0 Å². The highest BCUT2D eigenvalue weighted by molar-refractivity contribution is 5.87. The number of hydrogen-bond donors (Lipinski definition) is 2. The van der Waals surface area contributed by atoms with Gasteiger partial charge in [0.1, 0.15) is 5.54 Å². The Labute approximate surface area is 109 Å². The van der Waals surface area contributed by atoms with E-state index in [0.29, 0.717) is 31.1 Å². The van der Waals surface area contributed by atoms with Gasteiger partial charge in [-0.3, -0.25) is 4.79 Å². The third kappa shape index (κ3) is 4.00. The van der Waals surface area contributed by atoms with E-state index in [2.05, 4.69) is 26.1 Å². The van der Waals surface area contributed by atoms with Crippen LogP contribution in [-0.2, 0) is 9.59 Å². The normalized spacial score (nSPS) is 28.1. The van der Waals surface area contributed by atoms with E-state index in [-0.39, 0.29) is 5.91 Å². The molecule has 1 fully saturated rings. The number of carboxylic acid groups (broad SMARTS) is 1. The second kappa shape index (κ2) is 6.21. The maximum absolute atomic E-state index is 11.9. The Morgan fingerprint density at radius 3 is 2.61 bits per heavy atom. The molecule has 0 bridgehead atoms. The van der Waals surface area contributed by atoms with E-state index in [1.54, 1.807) is 0 Å². The van der Waals surface area contributed by atoms with Crippen LogP contribution < -0.4 is 5.32 Å². The van der Waals surface area contributed by atoms with Gasteiger partial charge in [0, 0.05) is 6.42 Å². The largest absolute Gasteiger partial charge is 0.480 e. The predicted molar refractivity (Wildman–Crippen MR) is 70.2 cm³/mol. The van der Waals surface area contributed by atoms with Crippen molar-refractivity contribution in [3.05, 3.63) is 0 Å². The summed E-state index contributed by atoms with van der Waals surface area (Å²) < 4.78 is 0. The number of nitrogens with one attached hydrogen (secondary N) is 1. The first-order chi connectivity index (χ1) is 8.35. The Morgan fingerprint density at radius 2 is 2.11 bits per heavy atom.